The van der Waals surface area contributed by atoms with Crippen LogP contribution >= 0.6 is 0 Å². The zero-order valence-electron chi connectivity index (χ0n) is 15.2. The van der Waals surface area contributed by atoms with E-state index in [0.29, 0.717) is 11.1 Å². The van der Waals surface area contributed by atoms with Gasteiger partial charge >= 0.3 is 0 Å². The van der Waals surface area contributed by atoms with Gasteiger partial charge in [0, 0.05) is 24.2 Å². The van der Waals surface area contributed by atoms with Crippen LogP contribution in [0.1, 0.15) is 33.1 Å². The van der Waals surface area contributed by atoms with Gasteiger partial charge in [-0.2, -0.15) is 0 Å². The number of carbonyl (C=O) groups is 1. The fourth-order valence-electron chi connectivity index (χ4n) is 3.22. The van der Waals surface area contributed by atoms with Crippen LogP contribution in [0.2, 0.25) is 0 Å². The molecular weight excluding hydrogens is 340 g/mol. The van der Waals surface area contributed by atoms with Crippen LogP contribution in [0.25, 0.3) is 0 Å². The molecule has 0 atom stereocenters. The Hall–Kier alpha value is -3.47. The molecule has 3 aromatic rings. The molecule has 27 heavy (non-hydrogen) atoms. The van der Waals surface area contributed by atoms with E-state index in [-0.39, 0.29) is 17.6 Å². The van der Waals surface area contributed by atoms with Gasteiger partial charge in [-0.1, -0.05) is 60.7 Å². The highest BCUT2D eigenvalue weighted by atomic mass is 16.6. The van der Waals surface area contributed by atoms with Crippen molar-refractivity contribution in [2.24, 2.45) is 0 Å². The van der Waals surface area contributed by atoms with Crippen molar-refractivity contribution in [2.75, 3.05) is 7.05 Å². The smallest absolute Gasteiger partial charge is 0.272 e. The van der Waals surface area contributed by atoms with Crippen LogP contribution in [-0.4, -0.2) is 22.8 Å². The molecule has 0 radical (unpaired) electrons. The molecule has 0 spiro atoms. The number of aryl methyl sites for hydroxylation is 1. The van der Waals surface area contributed by atoms with Crippen molar-refractivity contribution in [3.05, 3.63) is 111 Å². The minimum absolute atomic E-state index is 0.0110. The molecule has 0 bridgehead atoms. The maximum Gasteiger partial charge on any atom is 0.272 e. The topological polar surface area (TPSA) is 63.5 Å². The number of amides is 1. The van der Waals surface area contributed by atoms with Gasteiger partial charge < -0.3 is 4.90 Å². The number of nitro groups is 1. The predicted octanol–water partition coefficient (Wildman–Crippen LogP) is 4.76. The van der Waals surface area contributed by atoms with E-state index >= 15 is 0 Å². The Labute approximate surface area is 158 Å². The summed E-state index contributed by atoms with van der Waals surface area (Å²) < 4.78 is 0. The summed E-state index contributed by atoms with van der Waals surface area (Å²) in [5, 5.41) is 11.0. The molecule has 5 heteroatoms. The van der Waals surface area contributed by atoms with Gasteiger partial charge in [0.2, 0.25) is 0 Å². The van der Waals surface area contributed by atoms with Crippen LogP contribution in [0.15, 0.2) is 78.9 Å². The highest BCUT2D eigenvalue weighted by Gasteiger charge is 2.25. The number of hydrogen-bond acceptors (Lipinski definition) is 3. The third kappa shape index (κ3) is 3.87. The summed E-state index contributed by atoms with van der Waals surface area (Å²) >= 11 is 0. The van der Waals surface area contributed by atoms with Crippen LogP contribution in [0.4, 0.5) is 5.69 Å². The SMILES string of the molecule is Cc1cc(C(=O)N(C)C(c2ccccc2)c2ccccc2)ccc1[N+](=O)[O-]. The summed E-state index contributed by atoms with van der Waals surface area (Å²) in [5.41, 5.74) is 2.90. The van der Waals surface area contributed by atoms with Crippen LogP contribution < -0.4 is 0 Å². The molecule has 0 aliphatic carbocycles. The Morgan fingerprint density at radius 3 is 1.89 bits per heavy atom. The molecule has 0 saturated heterocycles. The Kier molecular flexibility index (Phi) is 5.31. The highest BCUT2D eigenvalue weighted by molar-refractivity contribution is 5.95. The molecule has 0 unspecified atom stereocenters. The van der Waals surface area contributed by atoms with Crippen molar-refractivity contribution in [2.45, 2.75) is 13.0 Å². The Balaban J connectivity index is 1.99. The number of benzene rings is 3. The van der Waals surface area contributed by atoms with Crippen molar-refractivity contribution in [1.82, 2.24) is 4.90 Å². The molecule has 136 valence electrons. The van der Waals surface area contributed by atoms with Crippen molar-refractivity contribution in [3.8, 4) is 0 Å². The molecule has 0 aliphatic heterocycles. The number of nitrogens with zero attached hydrogens (tertiary/aromatic N) is 2. The average Bonchev–Trinajstić information content (AvgIpc) is 2.69. The van der Waals surface area contributed by atoms with Crippen molar-refractivity contribution < 1.29 is 9.72 Å². The van der Waals surface area contributed by atoms with Gasteiger partial charge in [0.25, 0.3) is 11.6 Å². The lowest BCUT2D eigenvalue weighted by Crippen LogP contribution is -2.32. The van der Waals surface area contributed by atoms with E-state index in [1.54, 1.807) is 24.9 Å². The van der Waals surface area contributed by atoms with E-state index in [4.69, 9.17) is 0 Å². The van der Waals surface area contributed by atoms with Crippen LogP contribution in [-0.2, 0) is 0 Å². The first-order valence-corrected chi connectivity index (χ1v) is 8.61. The normalized spacial score (nSPS) is 10.6. The Morgan fingerprint density at radius 2 is 1.44 bits per heavy atom. The summed E-state index contributed by atoms with van der Waals surface area (Å²) in [6.07, 6.45) is 0. The lowest BCUT2D eigenvalue weighted by Gasteiger charge is -2.29. The second kappa shape index (κ2) is 7.83. The Morgan fingerprint density at radius 1 is 0.926 bits per heavy atom. The Bertz CT molecular complexity index is 916. The lowest BCUT2D eigenvalue weighted by atomic mass is 9.96. The third-order valence-corrected chi connectivity index (χ3v) is 4.58. The molecule has 0 heterocycles. The van der Waals surface area contributed by atoms with Gasteiger partial charge in [0.1, 0.15) is 0 Å². The van der Waals surface area contributed by atoms with Gasteiger partial charge in [-0.15, -0.1) is 0 Å². The quantitative estimate of drug-likeness (QED) is 0.486. The lowest BCUT2D eigenvalue weighted by molar-refractivity contribution is -0.385. The maximum absolute atomic E-state index is 13.1. The highest BCUT2D eigenvalue weighted by Crippen LogP contribution is 2.29. The standard InChI is InChI=1S/C22H20N2O3/c1-16-15-19(13-14-20(16)24(26)27)22(25)23(2)21(17-9-5-3-6-10-17)18-11-7-4-8-12-18/h3-15,21H,1-2H3. The number of rotatable bonds is 5. The average molecular weight is 360 g/mol. The molecule has 0 N–H and O–H groups in total. The second-order valence-electron chi connectivity index (χ2n) is 6.40. The van der Waals surface area contributed by atoms with Crippen LogP contribution in [0.5, 0.6) is 0 Å². The number of carbonyl (C=O) groups excluding carboxylic acids is 1. The first kappa shape index (κ1) is 18.3. The van der Waals surface area contributed by atoms with Gasteiger partial charge in [0.05, 0.1) is 11.0 Å². The predicted molar refractivity (Wildman–Crippen MR) is 105 cm³/mol. The first-order valence-electron chi connectivity index (χ1n) is 8.61. The molecular formula is C22H20N2O3. The molecule has 1 amide bonds. The fourth-order valence-corrected chi connectivity index (χ4v) is 3.22. The molecule has 0 fully saturated rings. The van der Waals surface area contributed by atoms with E-state index in [9.17, 15) is 14.9 Å². The molecule has 0 aromatic heterocycles. The van der Waals surface area contributed by atoms with Gasteiger partial charge in [-0.25, -0.2) is 0 Å². The van der Waals surface area contributed by atoms with Gasteiger partial charge in [-0.05, 0) is 30.2 Å². The van der Waals surface area contributed by atoms with Gasteiger partial charge in [0.15, 0.2) is 0 Å². The minimum Gasteiger partial charge on any atom is -0.331 e. The second-order valence-corrected chi connectivity index (χ2v) is 6.40. The summed E-state index contributed by atoms with van der Waals surface area (Å²) in [5.74, 6) is -0.189. The summed E-state index contributed by atoms with van der Waals surface area (Å²) in [6.45, 7) is 1.64. The molecule has 0 saturated carbocycles. The molecule has 5 nitrogen and oxygen atoms in total. The van der Waals surface area contributed by atoms with Crippen molar-refractivity contribution in [1.29, 1.82) is 0 Å². The number of nitro benzene ring substituents is 1. The van der Waals surface area contributed by atoms with Crippen molar-refractivity contribution in [3.63, 3.8) is 0 Å². The van der Waals surface area contributed by atoms with E-state index in [0.717, 1.165) is 11.1 Å². The monoisotopic (exact) mass is 360 g/mol. The zero-order chi connectivity index (χ0) is 19.4. The number of hydrogen-bond donors (Lipinski definition) is 0. The third-order valence-electron chi connectivity index (χ3n) is 4.58. The first-order chi connectivity index (χ1) is 13.0. The van der Waals surface area contributed by atoms with E-state index in [1.807, 2.05) is 60.7 Å². The van der Waals surface area contributed by atoms with Crippen LogP contribution in [0.3, 0.4) is 0 Å². The van der Waals surface area contributed by atoms with Crippen LogP contribution in [0, 0.1) is 17.0 Å². The summed E-state index contributed by atoms with van der Waals surface area (Å²) in [6, 6.07) is 23.8. The zero-order valence-corrected chi connectivity index (χ0v) is 15.2. The van der Waals surface area contributed by atoms with E-state index in [2.05, 4.69) is 0 Å². The van der Waals surface area contributed by atoms with E-state index in [1.165, 1.54) is 12.1 Å². The summed E-state index contributed by atoms with van der Waals surface area (Å²) in [7, 11) is 1.75. The van der Waals surface area contributed by atoms with Gasteiger partial charge in [-0.3, -0.25) is 14.9 Å². The van der Waals surface area contributed by atoms with Crippen molar-refractivity contribution >= 4 is 11.6 Å². The largest absolute Gasteiger partial charge is 0.331 e. The minimum atomic E-state index is -0.440. The van der Waals surface area contributed by atoms with E-state index < -0.39 is 4.92 Å². The molecule has 3 rings (SSSR count). The summed E-state index contributed by atoms with van der Waals surface area (Å²) in [4.78, 5) is 25.4. The maximum atomic E-state index is 13.1. The fraction of sp³-hybridized carbons (Fsp3) is 0.136. The molecule has 0 aliphatic rings. The molecule has 3 aromatic carbocycles.